The average molecular weight is 295 g/mol. The highest BCUT2D eigenvalue weighted by Gasteiger charge is 2.39. The zero-order valence-electron chi connectivity index (χ0n) is 11.9. The van der Waals surface area contributed by atoms with Crippen LogP contribution in [0, 0.1) is 5.92 Å². The summed E-state index contributed by atoms with van der Waals surface area (Å²) in [6.07, 6.45) is 0. The summed E-state index contributed by atoms with van der Waals surface area (Å²) < 4.78 is 0. The molecule has 0 aromatic heterocycles. The van der Waals surface area contributed by atoms with E-state index in [9.17, 15) is 9.59 Å². The third-order valence-corrected chi connectivity index (χ3v) is 3.92. The van der Waals surface area contributed by atoms with E-state index < -0.39 is 6.04 Å². The van der Waals surface area contributed by atoms with Gasteiger partial charge in [-0.05, 0) is 30.5 Å². The summed E-state index contributed by atoms with van der Waals surface area (Å²) in [6, 6.07) is 6.80. The van der Waals surface area contributed by atoms with Crippen LogP contribution in [0.15, 0.2) is 24.3 Å². The lowest BCUT2D eigenvalue weighted by Gasteiger charge is -2.41. The number of benzene rings is 1. The van der Waals surface area contributed by atoms with E-state index in [-0.39, 0.29) is 30.3 Å². The number of nitrogens with zero attached hydrogens (tertiary/aromatic N) is 1. The summed E-state index contributed by atoms with van der Waals surface area (Å²) in [7, 11) is 0. The summed E-state index contributed by atoms with van der Waals surface area (Å²) in [5.41, 5.74) is 0.975. The molecule has 2 atom stereocenters. The van der Waals surface area contributed by atoms with Crippen LogP contribution in [-0.4, -0.2) is 29.3 Å². The zero-order valence-corrected chi connectivity index (χ0v) is 12.6. The number of carbonyl (C=O) groups is 2. The van der Waals surface area contributed by atoms with E-state index in [1.807, 2.05) is 32.9 Å². The average Bonchev–Trinajstić information content (AvgIpc) is 2.40. The smallest absolute Gasteiger partial charge is 0.243 e. The Morgan fingerprint density at radius 1 is 1.20 bits per heavy atom. The lowest BCUT2D eigenvalue weighted by Crippen LogP contribution is -2.60. The highest BCUT2D eigenvalue weighted by molar-refractivity contribution is 6.30. The molecule has 4 nitrogen and oxygen atoms in total. The summed E-state index contributed by atoms with van der Waals surface area (Å²) >= 11 is 5.89. The molecule has 0 spiro atoms. The van der Waals surface area contributed by atoms with Gasteiger partial charge in [0.05, 0.1) is 12.6 Å². The lowest BCUT2D eigenvalue weighted by molar-refractivity contribution is -0.150. The first-order valence-electron chi connectivity index (χ1n) is 6.76. The van der Waals surface area contributed by atoms with E-state index in [0.29, 0.717) is 5.02 Å². The molecule has 0 aliphatic carbocycles. The molecule has 20 heavy (non-hydrogen) atoms. The van der Waals surface area contributed by atoms with E-state index in [0.717, 1.165) is 5.56 Å². The fraction of sp³-hybridized carbons (Fsp3) is 0.467. The molecule has 2 unspecified atom stereocenters. The first-order chi connectivity index (χ1) is 9.41. The van der Waals surface area contributed by atoms with Crippen LogP contribution in [0.4, 0.5) is 0 Å². The predicted octanol–water partition coefficient (Wildman–Crippen LogP) is 2.38. The Balaban J connectivity index is 2.33. The molecular weight excluding hydrogens is 276 g/mol. The van der Waals surface area contributed by atoms with Gasteiger partial charge in [-0.25, -0.2) is 0 Å². The van der Waals surface area contributed by atoms with Gasteiger partial charge in [0, 0.05) is 5.02 Å². The molecule has 1 aromatic rings. The van der Waals surface area contributed by atoms with Crippen LogP contribution in [0.1, 0.15) is 32.4 Å². The molecule has 1 saturated heterocycles. The maximum atomic E-state index is 12.2. The maximum absolute atomic E-state index is 12.2. The quantitative estimate of drug-likeness (QED) is 0.930. The van der Waals surface area contributed by atoms with E-state index >= 15 is 0 Å². The maximum Gasteiger partial charge on any atom is 0.243 e. The SMILES string of the molecule is CC(C)C1C(=O)NCC(=O)N1C(C)c1ccc(Cl)cc1. The Morgan fingerprint density at radius 2 is 1.80 bits per heavy atom. The standard InChI is InChI=1S/C15H19ClN2O2/c1-9(2)14-15(20)17-8-13(19)18(14)10(3)11-4-6-12(16)7-5-11/h4-7,9-10,14H,8H2,1-3H3,(H,17,20). The minimum Gasteiger partial charge on any atom is -0.345 e. The van der Waals surface area contributed by atoms with Crippen LogP contribution < -0.4 is 5.32 Å². The second-order valence-electron chi connectivity index (χ2n) is 5.44. The molecule has 5 heteroatoms. The number of halogens is 1. The first kappa shape index (κ1) is 14.9. The van der Waals surface area contributed by atoms with Crippen molar-refractivity contribution in [1.82, 2.24) is 10.2 Å². The van der Waals surface area contributed by atoms with Crippen molar-refractivity contribution in [2.75, 3.05) is 6.54 Å². The largest absolute Gasteiger partial charge is 0.345 e. The Bertz CT molecular complexity index is 513. The second kappa shape index (κ2) is 5.83. The van der Waals surface area contributed by atoms with Crippen LogP contribution >= 0.6 is 11.6 Å². The molecule has 108 valence electrons. The number of piperazine rings is 1. The third kappa shape index (κ3) is 2.80. The third-order valence-electron chi connectivity index (χ3n) is 3.67. The number of rotatable bonds is 3. The molecular formula is C15H19ClN2O2. The van der Waals surface area contributed by atoms with E-state index in [2.05, 4.69) is 5.32 Å². The van der Waals surface area contributed by atoms with Crippen LogP contribution in [-0.2, 0) is 9.59 Å². The number of nitrogens with one attached hydrogen (secondary N) is 1. The Hall–Kier alpha value is -1.55. The second-order valence-corrected chi connectivity index (χ2v) is 5.87. The van der Waals surface area contributed by atoms with Gasteiger partial charge in [0.2, 0.25) is 11.8 Å². The monoisotopic (exact) mass is 294 g/mol. The normalized spacial score (nSPS) is 21.1. The molecule has 1 fully saturated rings. The van der Waals surface area contributed by atoms with E-state index in [1.165, 1.54) is 0 Å². The highest BCUT2D eigenvalue weighted by atomic mass is 35.5. The Kier molecular flexibility index (Phi) is 4.33. The van der Waals surface area contributed by atoms with E-state index in [4.69, 9.17) is 11.6 Å². The van der Waals surface area contributed by atoms with Crippen LogP contribution in [0.2, 0.25) is 5.02 Å². The van der Waals surface area contributed by atoms with Gasteiger partial charge < -0.3 is 10.2 Å². The van der Waals surface area contributed by atoms with Crippen LogP contribution in [0.3, 0.4) is 0 Å². The minimum absolute atomic E-state index is 0.0502. The molecule has 0 radical (unpaired) electrons. The van der Waals surface area contributed by atoms with Crippen molar-refractivity contribution in [1.29, 1.82) is 0 Å². The van der Waals surface area contributed by atoms with Crippen molar-refractivity contribution in [2.24, 2.45) is 5.92 Å². The number of amides is 2. The molecule has 0 bridgehead atoms. The van der Waals surface area contributed by atoms with Crippen molar-refractivity contribution in [3.63, 3.8) is 0 Å². The van der Waals surface area contributed by atoms with E-state index in [1.54, 1.807) is 17.0 Å². The van der Waals surface area contributed by atoms with Gasteiger partial charge in [-0.15, -0.1) is 0 Å². The van der Waals surface area contributed by atoms with Gasteiger partial charge in [0.15, 0.2) is 0 Å². The van der Waals surface area contributed by atoms with Gasteiger partial charge in [-0.3, -0.25) is 9.59 Å². The topological polar surface area (TPSA) is 49.4 Å². The number of hydrogen-bond donors (Lipinski definition) is 1. The molecule has 1 heterocycles. The van der Waals surface area contributed by atoms with Gasteiger partial charge in [0.1, 0.15) is 6.04 Å². The molecule has 2 amide bonds. The Morgan fingerprint density at radius 3 is 2.35 bits per heavy atom. The lowest BCUT2D eigenvalue weighted by atomic mass is 9.95. The van der Waals surface area contributed by atoms with Crippen molar-refractivity contribution < 1.29 is 9.59 Å². The van der Waals surface area contributed by atoms with Crippen molar-refractivity contribution in [3.05, 3.63) is 34.9 Å². The van der Waals surface area contributed by atoms with Crippen molar-refractivity contribution in [3.8, 4) is 0 Å². The van der Waals surface area contributed by atoms with Gasteiger partial charge in [0.25, 0.3) is 0 Å². The fourth-order valence-corrected chi connectivity index (χ4v) is 2.75. The Labute approximate surface area is 124 Å². The summed E-state index contributed by atoms with van der Waals surface area (Å²) in [5, 5.41) is 3.31. The molecule has 1 aromatic carbocycles. The molecule has 1 N–H and O–H groups in total. The van der Waals surface area contributed by atoms with Gasteiger partial charge in [-0.2, -0.15) is 0 Å². The highest BCUT2D eigenvalue weighted by Crippen LogP contribution is 2.28. The predicted molar refractivity (Wildman–Crippen MR) is 78.3 cm³/mol. The molecule has 0 saturated carbocycles. The van der Waals surface area contributed by atoms with Gasteiger partial charge in [-0.1, -0.05) is 37.6 Å². The molecule has 1 aliphatic heterocycles. The minimum atomic E-state index is -0.429. The molecule has 1 aliphatic rings. The first-order valence-corrected chi connectivity index (χ1v) is 7.14. The fourth-order valence-electron chi connectivity index (χ4n) is 2.62. The summed E-state index contributed by atoms with van der Waals surface area (Å²) in [4.78, 5) is 26.0. The van der Waals surface area contributed by atoms with Crippen molar-refractivity contribution in [2.45, 2.75) is 32.9 Å². The van der Waals surface area contributed by atoms with Crippen LogP contribution in [0.5, 0.6) is 0 Å². The van der Waals surface area contributed by atoms with Gasteiger partial charge >= 0.3 is 0 Å². The zero-order chi connectivity index (χ0) is 14.9. The molecule has 2 rings (SSSR count). The van der Waals surface area contributed by atoms with Crippen molar-refractivity contribution >= 4 is 23.4 Å². The summed E-state index contributed by atoms with van der Waals surface area (Å²) in [6.45, 7) is 5.91. The van der Waals surface area contributed by atoms with Crippen LogP contribution in [0.25, 0.3) is 0 Å². The number of hydrogen-bond acceptors (Lipinski definition) is 2. The number of carbonyl (C=O) groups excluding carboxylic acids is 2. The summed E-state index contributed by atoms with van der Waals surface area (Å²) in [5.74, 6) is -0.0693.